The molecule has 0 aliphatic carbocycles. The van der Waals surface area contributed by atoms with Crippen LogP contribution in [-0.2, 0) is 4.79 Å². The predicted octanol–water partition coefficient (Wildman–Crippen LogP) is 5.28. The number of H-pyrrole nitrogens is 1. The molecular weight excluding hydrogens is 463 g/mol. The highest BCUT2D eigenvalue weighted by Gasteiger charge is 2.31. The highest BCUT2D eigenvalue weighted by atomic mass is 32.2. The normalized spacial score (nSPS) is 11.5. The van der Waals surface area contributed by atoms with Gasteiger partial charge in [-0.3, -0.25) is 9.59 Å². The quantitative estimate of drug-likeness (QED) is 0.292. The van der Waals surface area contributed by atoms with E-state index in [9.17, 15) is 22.8 Å². The van der Waals surface area contributed by atoms with E-state index < -0.39 is 12.3 Å². The third-order valence-corrected chi connectivity index (χ3v) is 5.96. The van der Waals surface area contributed by atoms with Crippen molar-refractivity contribution < 1.29 is 22.7 Å². The lowest BCUT2D eigenvalue weighted by Crippen LogP contribution is -2.17. The maximum absolute atomic E-state index is 12.6. The van der Waals surface area contributed by atoms with Crippen molar-refractivity contribution in [3.05, 3.63) is 70.3 Å². The van der Waals surface area contributed by atoms with Gasteiger partial charge >= 0.3 is 6.36 Å². The number of rotatable bonds is 6. The lowest BCUT2D eigenvalue weighted by Gasteiger charge is -2.10. The van der Waals surface area contributed by atoms with Gasteiger partial charge in [0.05, 0.1) is 11.1 Å². The molecule has 0 saturated carbocycles. The van der Waals surface area contributed by atoms with Crippen LogP contribution in [0.5, 0.6) is 5.75 Å². The van der Waals surface area contributed by atoms with E-state index in [1.54, 1.807) is 0 Å². The van der Waals surface area contributed by atoms with Crippen LogP contribution in [0.25, 0.3) is 21.3 Å². The number of benzene rings is 2. The first kappa shape index (κ1) is 21.9. The Bertz CT molecular complexity index is 1300. The molecule has 2 heterocycles. The van der Waals surface area contributed by atoms with Crippen molar-refractivity contribution in [2.24, 2.45) is 0 Å². The standard InChI is InChI=1S/C21H14F3N3O3S2/c22-21(23,24)30-14-8-6-13(7-9-14)25-16(28)11-32-20-26-18(29)17-15(10-31-19(17)27-20)12-4-2-1-3-5-12/h1-10H,11H2,(H,25,28)(H,26,27,29). The molecule has 164 valence electrons. The number of anilines is 1. The number of alkyl halides is 3. The average Bonchev–Trinajstić information content (AvgIpc) is 3.18. The summed E-state index contributed by atoms with van der Waals surface area (Å²) in [5.41, 5.74) is 1.73. The fraction of sp³-hybridized carbons (Fsp3) is 0.0952. The molecule has 1 amide bonds. The molecule has 0 spiro atoms. The number of hydrogen-bond acceptors (Lipinski definition) is 6. The molecule has 4 aromatic rings. The number of carbonyl (C=O) groups excluding carboxylic acids is 1. The molecule has 0 unspecified atom stereocenters. The summed E-state index contributed by atoms with van der Waals surface area (Å²) in [4.78, 5) is 32.5. The highest BCUT2D eigenvalue weighted by molar-refractivity contribution is 7.99. The second-order valence-electron chi connectivity index (χ2n) is 6.48. The van der Waals surface area contributed by atoms with Gasteiger partial charge in [-0.05, 0) is 29.8 Å². The molecule has 0 fully saturated rings. The largest absolute Gasteiger partial charge is 0.573 e. The van der Waals surface area contributed by atoms with Crippen LogP contribution in [0, 0.1) is 0 Å². The molecule has 2 aromatic carbocycles. The van der Waals surface area contributed by atoms with Gasteiger partial charge in [-0.15, -0.1) is 24.5 Å². The van der Waals surface area contributed by atoms with E-state index in [0.29, 0.717) is 21.1 Å². The zero-order valence-corrected chi connectivity index (χ0v) is 17.7. The van der Waals surface area contributed by atoms with Gasteiger partial charge in [0.2, 0.25) is 5.91 Å². The number of halogens is 3. The van der Waals surface area contributed by atoms with Crippen molar-refractivity contribution >= 4 is 44.9 Å². The zero-order valence-electron chi connectivity index (χ0n) is 16.1. The summed E-state index contributed by atoms with van der Waals surface area (Å²) in [7, 11) is 0. The van der Waals surface area contributed by atoms with Crippen LogP contribution in [0.4, 0.5) is 18.9 Å². The predicted molar refractivity (Wildman–Crippen MR) is 118 cm³/mol. The van der Waals surface area contributed by atoms with Crippen molar-refractivity contribution in [3.8, 4) is 16.9 Å². The van der Waals surface area contributed by atoms with Gasteiger partial charge < -0.3 is 15.0 Å². The summed E-state index contributed by atoms with van der Waals surface area (Å²) in [6, 6.07) is 14.3. The number of hydrogen-bond donors (Lipinski definition) is 2. The Morgan fingerprint density at radius 2 is 1.84 bits per heavy atom. The van der Waals surface area contributed by atoms with Crippen LogP contribution in [0.3, 0.4) is 0 Å². The van der Waals surface area contributed by atoms with Gasteiger partial charge in [0.15, 0.2) is 5.16 Å². The Hall–Kier alpha value is -3.31. The number of carbonyl (C=O) groups is 1. The number of ether oxygens (including phenoxy) is 1. The second kappa shape index (κ2) is 9.05. The topological polar surface area (TPSA) is 84.1 Å². The fourth-order valence-electron chi connectivity index (χ4n) is 2.90. The summed E-state index contributed by atoms with van der Waals surface area (Å²) in [5, 5.41) is 5.23. The van der Waals surface area contributed by atoms with E-state index in [2.05, 4.69) is 20.0 Å². The summed E-state index contributed by atoms with van der Waals surface area (Å²) < 4.78 is 40.4. The molecule has 2 aromatic heterocycles. The maximum Gasteiger partial charge on any atom is 0.573 e. The molecule has 4 rings (SSSR count). The van der Waals surface area contributed by atoms with Crippen LogP contribution in [0.1, 0.15) is 0 Å². The highest BCUT2D eigenvalue weighted by Crippen LogP contribution is 2.31. The summed E-state index contributed by atoms with van der Waals surface area (Å²) >= 11 is 2.39. The lowest BCUT2D eigenvalue weighted by atomic mass is 10.1. The molecular formula is C21H14F3N3O3S2. The molecule has 0 aliphatic heterocycles. The first-order valence-electron chi connectivity index (χ1n) is 9.14. The van der Waals surface area contributed by atoms with Crippen LogP contribution in [0.15, 0.2) is 69.9 Å². The minimum atomic E-state index is -4.78. The molecule has 11 heteroatoms. The lowest BCUT2D eigenvalue weighted by molar-refractivity contribution is -0.274. The molecule has 32 heavy (non-hydrogen) atoms. The molecule has 0 saturated heterocycles. The molecule has 0 atom stereocenters. The smallest absolute Gasteiger partial charge is 0.406 e. The molecule has 0 radical (unpaired) electrons. The van der Waals surface area contributed by atoms with Crippen LogP contribution < -0.4 is 15.6 Å². The van der Waals surface area contributed by atoms with Gasteiger partial charge in [-0.2, -0.15) is 0 Å². The Morgan fingerprint density at radius 1 is 1.12 bits per heavy atom. The van der Waals surface area contributed by atoms with E-state index >= 15 is 0 Å². The summed E-state index contributed by atoms with van der Waals surface area (Å²) in [6.07, 6.45) is -4.78. The maximum atomic E-state index is 12.6. The van der Waals surface area contributed by atoms with E-state index in [-0.39, 0.29) is 17.1 Å². The Labute approximate surface area is 187 Å². The van der Waals surface area contributed by atoms with E-state index in [1.165, 1.54) is 23.5 Å². The monoisotopic (exact) mass is 477 g/mol. The van der Waals surface area contributed by atoms with Crippen molar-refractivity contribution in [2.75, 3.05) is 11.1 Å². The number of nitrogens with zero attached hydrogens (tertiary/aromatic N) is 1. The Morgan fingerprint density at radius 3 is 2.53 bits per heavy atom. The van der Waals surface area contributed by atoms with Crippen molar-refractivity contribution in [3.63, 3.8) is 0 Å². The summed E-state index contributed by atoms with van der Waals surface area (Å²) in [6.45, 7) is 0. The first-order chi connectivity index (χ1) is 15.3. The summed E-state index contributed by atoms with van der Waals surface area (Å²) in [5.74, 6) is -0.837. The molecule has 2 N–H and O–H groups in total. The van der Waals surface area contributed by atoms with Crippen molar-refractivity contribution in [1.82, 2.24) is 9.97 Å². The van der Waals surface area contributed by atoms with E-state index in [1.807, 2.05) is 35.7 Å². The Balaban J connectivity index is 1.41. The van der Waals surface area contributed by atoms with Gasteiger partial charge in [0.1, 0.15) is 10.6 Å². The fourth-order valence-corrected chi connectivity index (χ4v) is 4.57. The van der Waals surface area contributed by atoms with Crippen LogP contribution in [-0.4, -0.2) is 28.0 Å². The van der Waals surface area contributed by atoms with Crippen molar-refractivity contribution in [2.45, 2.75) is 11.5 Å². The van der Waals surface area contributed by atoms with Gasteiger partial charge in [0, 0.05) is 16.6 Å². The van der Waals surface area contributed by atoms with Gasteiger partial charge in [-0.1, -0.05) is 42.1 Å². The van der Waals surface area contributed by atoms with Crippen LogP contribution >= 0.6 is 23.1 Å². The molecule has 0 bridgehead atoms. The zero-order chi connectivity index (χ0) is 22.7. The molecule has 6 nitrogen and oxygen atoms in total. The van der Waals surface area contributed by atoms with Gasteiger partial charge in [-0.25, -0.2) is 4.98 Å². The van der Waals surface area contributed by atoms with E-state index in [4.69, 9.17) is 0 Å². The molecule has 0 aliphatic rings. The number of aromatic amines is 1. The first-order valence-corrected chi connectivity index (χ1v) is 11.0. The van der Waals surface area contributed by atoms with Crippen molar-refractivity contribution in [1.29, 1.82) is 0 Å². The van der Waals surface area contributed by atoms with Crippen LogP contribution in [0.2, 0.25) is 0 Å². The Kier molecular flexibility index (Phi) is 6.19. The number of thiophene rings is 1. The minimum Gasteiger partial charge on any atom is -0.406 e. The van der Waals surface area contributed by atoms with E-state index in [0.717, 1.165) is 35.0 Å². The number of amides is 1. The number of nitrogens with one attached hydrogen (secondary N) is 2. The average molecular weight is 477 g/mol. The second-order valence-corrected chi connectivity index (χ2v) is 8.30. The number of fused-ring (bicyclic) bond motifs is 1. The third kappa shape index (κ3) is 5.29. The number of aromatic nitrogens is 2. The number of thioether (sulfide) groups is 1. The van der Waals surface area contributed by atoms with Gasteiger partial charge in [0.25, 0.3) is 5.56 Å². The SMILES string of the molecule is O=C(CSc1nc2scc(-c3ccccc3)c2c(=O)[nH]1)Nc1ccc(OC(F)(F)F)cc1. The third-order valence-electron chi connectivity index (χ3n) is 4.22. The minimum absolute atomic E-state index is 0.0494.